The molecule has 1 aliphatic heterocycles. The lowest BCUT2D eigenvalue weighted by molar-refractivity contribution is 0.101. The van der Waals surface area contributed by atoms with Gasteiger partial charge in [0, 0.05) is 28.6 Å². The molecule has 2 amide bonds. The normalized spacial score (nSPS) is 11.8. The summed E-state index contributed by atoms with van der Waals surface area (Å²) in [6.07, 6.45) is 0. The molecule has 1 aliphatic rings. The minimum Gasteiger partial charge on any atom is -0.454 e. The van der Waals surface area contributed by atoms with E-state index < -0.39 is 0 Å². The van der Waals surface area contributed by atoms with Crippen molar-refractivity contribution in [3.05, 3.63) is 83.7 Å². The van der Waals surface area contributed by atoms with Crippen LogP contribution in [-0.2, 0) is 0 Å². The molecular formula is C21H15FN2O4. The van der Waals surface area contributed by atoms with Crippen LogP contribution in [0.15, 0.2) is 66.7 Å². The zero-order valence-corrected chi connectivity index (χ0v) is 14.6. The number of fused-ring (bicyclic) bond motifs is 1. The summed E-state index contributed by atoms with van der Waals surface area (Å²) in [7, 11) is 0. The summed E-state index contributed by atoms with van der Waals surface area (Å²) in [5.74, 6) is 0.162. The fourth-order valence-corrected chi connectivity index (χ4v) is 2.69. The zero-order valence-electron chi connectivity index (χ0n) is 14.6. The number of amides is 2. The maximum atomic E-state index is 12.9. The molecule has 0 fully saturated rings. The molecule has 4 rings (SSSR count). The van der Waals surface area contributed by atoms with E-state index in [0.717, 1.165) is 0 Å². The van der Waals surface area contributed by atoms with Gasteiger partial charge in [-0.25, -0.2) is 4.39 Å². The van der Waals surface area contributed by atoms with E-state index in [0.29, 0.717) is 34.0 Å². The predicted octanol–water partition coefficient (Wildman–Crippen LogP) is 4.06. The number of hydrogen-bond acceptors (Lipinski definition) is 4. The van der Waals surface area contributed by atoms with Crippen molar-refractivity contribution in [3.63, 3.8) is 0 Å². The molecule has 6 nitrogen and oxygen atoms in total. The van der Waals surface area contributed by atoms with Crippen molar-refractivity contribution in [3.8, 4) is 11.5 Å². The van der Waals surface area contributed by atoms with E-state index in [2.05, 4.69) is 10.6 Å². The average Bonchev–Trinajstić information content (AvgIpc) is 3.17. The highest BCUT2D eigenvalue weighted by atomic mass is 19.1. The summed E-state index contributed by atoms with van der Waals surface area (Å²) in [6.45, 7) is 0.161. The first-order chi connectivity index (χ1) is 13.6. The molecule has 1 heterocycles. The molecule has 0 saturated carbocycles. The van der Waals surface area contributed by atoms with Crippen LogP contribution >= 0.6 is 0 Å². The maximum absolute atomic E-state index is 12.9. The Labute approximate surface area is 159 Å². The summed E-state index contributed by atoms with van der Waals surface area (Å²) in [5, 5.41) is 5.44. The van der Waals surface area contributed by atoms with Gasteiger partial charge in [-0.05, 0) is 60.7 Å². The third-order valence-electron chi connectivity index (χ3n) is 4.14. The van der Waals surface area contributed by atoms with E-state index in [-0.39, 0.29) is 24.4 Å². The number of nitrogens with one attached hydrogen (secondary N) is 2. The van der Waals surface area contributed by atoms with Crippen LogP contribution in [0.25, 0.3) is 0 Å². The summed E-state index contributed by atoms with van der Waals surface area (Å²) in [5.41, 5.74) is 1.84. The van der Waals surface area contributed by atoms with E-state index >= 15 is 0 Å². The van der Waals surface area contributed by atoms with Crippen molar-refractivity contribution in [2.75, 3.05) is 17.4 Å². The molecule has 0 aliphatic carbocycles. The largest absolute Gasteiger partial charge is 0.454 e. The second-order valence-electron chi connectivity index (χ2n) is 6.06. The molecule has 7 heteroatoms. The van der Waals surface area contributed by atoms with Crippen LogP contribution in [0.2, 0.25) is 0 Å². The Morgan fingerprint density at radius 3 is 1.89 bits per heavy atom. The molecule has 0 radical (unpaired) electrons. The van der Waals surface area contributed by atoms with Gasteiger partial charge < -0.3 is 20.1 Å². The highest BCUT2D eigenvalue weighted by Crippen LogP contribution is 2.34. The zero-order chi connectivity index (χ0) is 19.5. The van der Waals surface area contributed by atoms with Gasteiger partial charge >= 0.3 is 0 Å². The Balaban J connectivity index is 1.41. The molecule has 140 valence electrons. The number of benzene rings is 3. The Morgan fingerprint density at radius 1 is 0.714 bits per heavy atom. The van der Waals surface area contributed by atoms with Gasteiger partial charge in [0.2, 0.25) is 6.79 Å². The summed E-state index contributed by atoms with van der Waals surface area (Å²) >= 11 is 0. The molecule has 0 aromatic heterocycles. The standard InChI is InChI=1S/C21H15FN2O4/c22-15-5-7-16(8-6-15)23-20(25)13-1-3-14(4-2-13)21(26)24-17-9-10-18-19(11-17)28-12-27-18/h1-11H,12H2,(H,23,25)(H,24,26). The van der Waals surface area contributed by atoms with E-state index in [1.807, 2.05) is 0 Å². The number of ether oxygens (including phenoxy) is 2. The minimum atomic E-state index is -0.379. The van der Waals surface area contributed by atoms with Crippen molar-refractivity contribution in [1.82, 2.24) is 0 Å². The lowest BCUT2D eigenvalue weighted by Gasteiger charge is -2.08. The lowest BCUT2D eigenvalue weighted by atomic mass is 10.1. The predicted molar refractivity (Wildman–Crippen MR) is 101 cm³/mol. The first-order valence-electron chi connectivity index (χ1n) is 8.46. The second-order valence-corrected chi connectivity index (χ2v) is 6.06. The third-order valence-corrected chi connectivity index (χ3v) is 4.14. The Morgan fingerprint density at radius 2 is 1.25 bits per heavy atom. The minimum absolute atomic E-state index is 0.161. The quantitative estimate of drug-likeness (QED) is 0.718. The Bertz CT molecular complexity index is 1030. The van der Waals surface area contributed by atoms with Crippen LogP contribution in [0.4, 0.5) is 15.8 Å². The van der Waals surface area contributed by atoms with Gasteiger partial charge in [0.05, 0.1) is 0 Å². The fraction of sp³-hybridized carbons (Fsp3) is 0.0476. The van der Waals surface area contributed by atoms with Gasteiger partial charge in [-0.15, -0.1) is 0 Å². The van der Waals surface area contributed by atoms with Gasteiger partial charge in [-0.3, -0.25) is 9.59 Å². The SMILES string of the molecule is O=C(Nc1ccc(F)cc1)c1ccc(C(=O)Nc2ccc3c(c2)OCO3)cc1. The summed E-state index contributed by atoms with van der Waals surface area (Å²) in [4.78, 5) is 24.6. The number of anilines is 2. The van der Waals surface area contributed by atoms with Crippen LogP contribution in [0.1, 0.15) is 20.7 Å². The monoisotopic (exact) mass is 378 g/mol. The number of rotatable bonds is 4. The molecule has 0 spiro atoms. The second kappa shape index (κ2) is 7.40. The highest BCUT2D eigenvalue weighted by molar-refractivity contribution is 6.07. The van der Waals surface area contributed by atoms with Gasteiger partial charge in [0.25, 0.3) is 11.8 Å². The maximum Gasteiger partial charge on any atom is 0.255 e. The van der Waals surface area contributed by atoms with Gasteiger partial charge in [0.15, 0.2) is 11.5 Å². The molecular weight excluding hydrogens is 363 g/mol. The van der Waals surface area contributed by atoms with E-state index in [4.69, 9.17) is 9.47 Å². The summed E-state index contributed by atoms with van der Waals surface area (Å²) in [6, 6.07) is 16.8. The molecule has 28 heavy (non-hydrogen) atoms. The van der Waals surface area contributed by atoms with Gasteiger partial charge in [0.1, 0.15) is 5.82 Å². The molecule has 0 atom stereocenters. The molecule has 3 aromatic carbocycles. The smallest absolute Gasteiger partial charge is 0.255 e. The lowest BCUT2D eigenvalue weighted by Crippen LogP contribution is -2.14. The van der Waals surface area contributed by atoms with E-state index in [1.165, 1.54) is 24.3 Å². The van der Waals surface area contributed by atoms with Crippen LogP contribution in [0.3, 0.4) is 0 Å². The first kappa shape index (κ1) is 17.5. The molecule has 0 unspecified atom stereocenters. The van der Waals surface area contributed by atoms with E-state index in [9.17, 15) is 14.0 Å². The summed E-state index contributed by atoms with van der Waals surface area (Å²) < 4.78 is 23.4. The van der Waals surface area contributed by atoms with Crippen LogP contribution in [0.5, 0.6) is 11.5 Å². The number of carbonyl (C=O) groups excluding carboxylic acids is 2. The molecule has 0 saturated heterocycles. The van der Waals surface area contributed by atoms with Crippen molar-refractivity contribution < 1.29 is 23.5 Å². The fourth-order valence-electron chi connectivity index (χ4n) is 2.69. The van der Waals surface area contributed by atoms with Gasteiger partial charge in [-0.2, -0.15) is 0 Å². The molecule has 0 bridgehead atoms. The third kappa shape index (κ3) is 3.78. The molecule has 3 aromatic rings. The Kier molecular flexibility index (Phi) is 4.63. The number of carbonyl (C=O) groups is 2. The van der Waals surface area contributed by atoms with Crippen molar-refractivity contribution in [2.24, 2.45) is 0 Å². The first-order valence-corrected chi connectivity index (χ1v) is 8.46. The van der Waals surface area contributed by atoms with Crippen LogP contribution in [0, 0.1) is 5.82 Å². The van der Waals surface area contributed by atoms with Crippen molar-refractivity contribution in [1.29, 1.82) is 0 Å². The number of halogens is 1. The average molecular weight is 378 g/mol. The van der Waals surface area contributed by atoms with Gasteiger partial charge in [-0.1, -0.05) is 0 Å². The van der Waals surface area contributed by atoms with Crippen LogP contribution in [-0.4, -0.2) is 18.6 Å². The number of hydrogen-bond donors (Lipinski definition) is 2. The molecule has 2 N–H and O–H groups in total. The highest BCUT2D eigenvalue weighted by Gasteiger charge is 2.15. The topological polar surface area (TPSA) is 76.7 Å². The van der Waals surface area contributed by atoms with Crippen LogP contribution < -0.4 is 20.1 Å². The van der Waals surface area contributed by atoms with Crippen molar-refractivity contribution >= 4 is 23.2 Å². The van der Waals surface area contributed by atoms with Crippen molar-refractivity contribution in [2.45, 2.75) is 0 Å². The Hall–Kier alpha value is -3.87. The van der Waals surface area contributed by atoms with E-state index in [1.54, 1.807) is 42.5 Å².